The Kier molecular flexibility index (Phi) is 19.1. The van der Waals surface area contributed by atoms with Gasteiger partial charge in [-0.2, -0.15) is 0 Å². The smallest absolute Gasteiger partial charge is 0.209 e. The summed E-state index contributed by atoms with van der Waals surface area (Å²) in [6, 6.07) is 8.22. The number of unbranched alkanes of at least 4 members (excludes halogenated alkanes) is 2. The molecule has 0 radical (unpaired) electrons. The van der Waals surface area contributed by atoms with Crippen LogP contribution in [-0.2, 0) is 11.2 Å². The molecule has 0 aliphatic carbocycles. The van der Waals surface area contributed by atoms with E-state index in [0.29, 0.717) is 0 Å². The minimum Gasteiger partial charge on any atom is -0.388 e. The van der Waals surface area contributed by atoms with Crippen LogP contribution in [0.5, 0.6) is 0 Å². The molecular weight excluding hydrogens is 284 g/mol. The molecule has 0 aliphatic heterocycles. The molecule has 0 bridgehead atoms. The zero-order valence-corrected chi connectivity index (χ0v) is 16.2. The van der Waals surface area contributed by atoms with Gasteiger partial charge >= 0.3 is 0 Å². The first-order valence-corrected chi connectivity index (χ1v) is 9.18. The van der Waals surface area contributed by atoms with Crippen molar-refractivity contribution in [3.05, 3.63) is 29.8 Å². The predicted molar refractivity (Wildman–Crippen MR) is 104 cm³/mol. The van der Waals surface area contributed by atoms with Gasteiger partial charge in [0.2, 0.25) is 6.41 Å². The van der Waals surface area contributed by atoms with Gasteiger partial charge in [-0.15, -0.1) is 0 Å². The first-order chi connectivity index (χ1) is 11.2. The van der Waals surface area contributed by atoms with Crippen LogP contribution >= 0.6 is 0 Å². The summed E-state index contributed by atoms with van der Waals surface area (Å²) < 4.78 is 0. The minimum atomic E-state index is 0.794. The number of hydrogen-bond acceptors (Lipinski definition) is 2. The Hall–Kier alpha value is -1.51. The molecule has 0 saturated heterocycles. The van der Waals surface area contributed by atoms with Crippen molar-refractivity contribution in [2.45, 2.75) is 66.7 Å². The summed E-state index contributed by atoms with van der Waals surface area (Å²) in [6.07, 6.45) is 6.70. The Balaban J connectivity index is 0. The van der Waals surface area contributed by atoms with Crippen molar-refractivity contribution in [2.24, 2.45) is 0 Å². The molecule has 1 aromatic carbocycles. The molecule has 3 nitrogen and oxygen atoms in total. The number of carbonyl (C=O) groups is 1. The van der Waals surface area contributed by atoms with E-state index in [1.54, 1.807) is 0 Å². The van der Waals surface area contributed by atoms with Crippen LogP contribution in [0.3, 0.4) is 0 Å². The van der Waals surface area contributed by atoms with Gasteiger partial charge in [-0.3, -0.25) is 4.79 Å². The molecule has 0 atom stereocenters. The summed E-state index contributed by atoms with van der Waals surface area (Å²) >= 11 is 0. The van der Waals surface area contributed by atoms with E-state index in [-0.39, 0.29) is 0 Å². The van der Waals surface area contributed by atoms with Crippen LogP contribution in [0, 0.1) is 0 Å². The van der Waals surface area contributed by atoms with Crippen molar-refractivity contribution < 1.29 is 4.79 Å². The molecule has 0 saturated carbocycles. The van der Waals surface area contributed by atoms with Crippen molar-refractivity contribution in [3.8, 4) is 0 Å². The maximum absolute atomic E-state index is 10.9. The minimum absolute atomic E-state index is 0.794. The molecule has 0 fully saturated rings. The van der Waals surface area contributed by atoms with Crippen LogP contribution in [-0.4, -0.2) is 31.4 Å². The Morgan fingerprint density at radius 2 is 1.61 bits per heavy atom. The van der Waals surface area contributed by atoms with Crippen LogP contribution in [0.1, 0.15) is 65.9 Å². The zero-order valence-electron chi connectivity index (χ0n) is 16.2. The number of carbonyl (C=O) groups excluding carboxylic acids is 1. The molecule has 0 heterocycles. The lowest BCUT2D eigenvalue weighted by molar-refractivity contribution is -0.118. The average molecular weight is 323 g/mol. The number of amides is 1. The topological polar surface area (TPSA) is 32.3 Å². The van der Waals surface area contributed by atoms with Gasteiger partial charge in [-0.25, -0.2) is 0 Å². The van der Waals surface area contributed by atoms with E-state index in [9.17, 15) is 4.79 Å². The van der Waals surface area contributed by atoms with E-state index in [2.05, 4.69) is 38.2 Å². The average Bonchev–Trinajstić information content (AvgIpc) is 2.64. The Morgan fingerprint density at radius 1 is 1.00 bits per heavy atom. The molecule has 134 valence electrons. The normalized spacial score (nSPS) is 8.96. The monoisotopic (exact) mass is 322 g/mol. The Labute approximate surface area is 144 Å². The molecule has 1 aromatic rings. The highest BCUT2D eigenvalue weighted by Gasteiger charge is 2.04. The van der Waals surface area contributed by atoms with Crippen molar-refractivity contribution in [3.63, 3.8) is 0 Å². The standard InChI is InChI=1S/C14H22N2O.C4H10.C2H6/c1-3-4-10-16(12-17)11-9-13-7-5-6-8-14(13)15-2;1-3-4-2;1-2/h5-8,12,15H,3-4,9-11H2,1-2H3;3-4H2,1-2H3;1-2H3. The van der Waals surface area contributed by atoms with E-state index in [1.807, 2.05) is 37.9 Å². The van der Waals surface area contributed by atoms with E-state index in [1.165, 1.54) is 18.4 Å². The van der Waals surface area contributed by atoms with Gasteiger partial charge < -0.3 is 10.2 Å². The van der Waals surface area contributed by atoms with Crippen LogP contribution in [0.15, 0.2) is 24.3 Å². The third kappa shape index (κ3) is 12.7. The second-order valence-electron chi connectivity index (χ2n) is 5.15. The van der Waals surface area contributed by atoms with Crippen molar-refractivity contribution in [1.82, 2.24) is 4.90 Å². The Bertz CT molecular complexity index is 364. The second-order valence-corrected chi connectivity index (χ2v) is 5.15. The molecular formula is C20H38N2O. The lowest BCUT2D eigenvalue weighted by atomic mass is 10.1. The highest BCUT2D eigenvalue weighted by molar-refractivity contribution is 5.51. The zero-order chi connectivity index (χ0) is 17.9. The lowest BCUT2D eigenvalue weighted by Gasteiger charge is -2.17. The first-order valence-electron chi connectivity index (χ1n) is 9.18. The fraction of sp³-hybridized carbons (Fsp3) is 0.650. The van der Waals surface area contributed by atoms with Crippen LogP contribution in [0.25, 0.3) is 0 Å². The molecule has 0 spiro atoms. The van der Waals surface area contributed by atoms with Gasteiger partial charge in [-0.1, -0.05) is 72.1 Å². The van der Waals surface area contributed by atoms with Crippen molar-refractivity contribution in [1.29, 1.82) is 0 Å². The quantitative estimate of drug-likeness (QED) is 0.621. The van der Waals surface area contributed by atoms with Gasteiger partial charge in [0.15, 0.2) is 0 Å². The summed E-state index contributed by atoms with van der Waals surface area (Å²) in [5, 5.41) is 3.17. The molecule has 1 rings (SSSR count). The van der Waals surface area contributed by atoms with E-state index < -0.39 is 0 Å². The van der Waals surface area contributed by atoms with Gasteiger partial charge in [-0.05, 0) is 24.5 Å². The maximum atomic E-state index is 10.9. The van der Waals surface area contributed by atoms with Crippen molar-refractivity contribution in [2.75, 3.05) is 25.5 Å². The largest absolute Gasteiger partial charge is 0.388 e. The molecule has 0 aromatic heterocycles. The number of nitrogens with zero attached hydrogens (tertiary/aromatic N) is 1. The van der Waals surface area contributed by atoms with E-state index in [0.717, 1.165) is 44.4 Å². The summed E-state index contributed by atoms with van der Waals surface area (Å²) in [7, 11) is 1.92. The summed E-state index contributed by atoms with van der Waals surface area (Å²) in [6.45, 7) is 12.2. The van der Waals surface area contributed by atoms with Crippen LogP contribution in [0.2, 0.25) is 0 Å². The van der Waals surface area contributed by atoms with E-state index >= 15 is 0 Å². The SMILES string of the molecule is CC.CCCC.CCCCN(C=O)CCc1ccccc1NC. The summed E-state index contributed by atoms with van der Waals surface area (Å²) in [4.78, 5) is 12.8. The van der Waals surface area contributed by atoms with Crippen LogP contribution in [0.4, 0.5) is 5.69 Å². The first kappa shape index (κ1) is 23.8. The number of para-hydroxylation sites is 1. The fourth-order valence-electron chi connectivity index (χ4n) is 1.82. The number of hydrogen-bond donors (Lipinski definition) is 1. The number of anilines is 1. The molecule has 0 unspecified atom stereocenters. The molecule has 3 heteroatoms. The second kappa shape index (κ2) is 18.5. The molecule has 23 heavy (non-hydrogen) atoms. The number of nitrogens with one attached hydrogen (secondary N) is 1. The maximum Gasteiger partial charge on any atom is 0.209 e. The third-order valence-corrected chi connectivity index (χ3v) is 3.40. The van der Waals surface area contributed by atoms with Gasteiger partial charge in [0.1, 0.15) is 0 Å². The lowest BCUT2D eigenvalue weighted by Crippen LogP contribution is -2.25. The molecule has 1 amide bonds. The highest BCUT2D eigenvalue weighted by Crippen LogP contribution is 2.14. The molecule has 1 N–H and O–H groups in total. The van der Waals surface area contributed by atoms with Crippen molar-refractivity contribution >= 4 is 12.1 Å². The molecule has 0 aliphatic rings. The van der Waals surface area contributed by atoms with Gasteiger partial charge in [0, 0.05) is 25.8 Å². The fourth-order valence-corrected chi connectivity index (χ4v) is 1.82. The number of benzene rings is 1. The number of rotatable bonds is 9. The van der Waals surface area contributed by atoms with Gasteiger partial charge in [0.05, 0.1) is 0 Å². The predicted octanol–water partition coefficient (Wildman–Crippen LogP) is 5.36. The van der Waals surface area contributed by atoms with E-state index in [4.69, 9.17) is 0 Å². The summed E-state index contributed by atoms with van der Waals surface area (Å²) in [5.41, 5.74) is 2.41. The van der Waals surface area contributed by atoms with Gasteiger partial charge in [0.25, 0.3) is 0 Å². The van der Waals surface area contributed by atoms with Crippen LogP contribution < -0.4 is 5.32 Å². The highest BCUT2D eigenvalue weighted by atomic mass is 16.1. The summed E-state index contributed by atoms with van der Waals surface area (Å²) in [5.74, 6) is 0. The third-order valence-electron chi connectivity index (χ3n) is 3.40. The Morgan fingerprint density at radius 3 is 2.09 bits per heavy atom.